The van der Waals surface area contributed by atoms with Crippen molar-refractivity contribution in [2.45, 2.75) is 12.5 Å². The molecule has 2 aromatic rings. The minimum atomic E-state index is -0.391. The Hall–Kier alpha value is -1.79. The van der Waals surface area contributed by atoms with Gasteiger partial charge < -0.3 is 4.57 Å². The summed E-state index contributed by atoms with van der Waals surface area (Å²) in [4.78, 5) is 8.18. The standard InChI is InChI=1S/C11H14FN5/c1-17-6-5-14-10(17)7-9(16-13)11-8(12)3-2-4-15-11/h2-6,9,16H,7,13H2,1H3. The highest BCUT2D eigenvalue weighted by atomic mass is 19.1. The topological polar surface area (TPSA) is 68.8 Å². The highest BCUT2D eigenvalue weighted by Gasteiger charge is 2.17. The molecular formula is C11H14FN5. The van der Waals surface area contributed by atoms with E-state index in [4.69, 9.17) is 5.84 Å². The molecule has 0 saturated heterocycles. The normalized spacial score (nSPS) is 12.6. The minimum absolute atomic E-state index is 0.304. The summed E-state index contributed by atoms with van der Waals surface area (Å²) in [5.41, 5.74) is 2.87. The van der Waals surface area contributed by atoms with E-state index < -0.39 is 6.04 Å². The lowest BCUT2D eigenvalue weighted by Crippen LogP contribution is -2.31. The number of rotatable bonds is 4. The summed E-state index contributed by atoms with van der Waals surface area (Å²) >= 11 is 0. The van der Waals surface area contributed by atoms with Gasteiger partial charge in [0.2, 0.25) is 0 Å². The second kappa shape index (κ2) is 5.03. The molecule has 3 N–H and O–H groups in total. The average Bonchev–Trinajstić information content (AvgIpc) is 2.73. The van der Waals surface area contributed by atoms with Gasteiger partial charge in [0.05, 0.1) is 11.7 Å². The van der Waals surface area contributed by atoms with Crippen molar-refractivity contribution in [3.05, 3.63) is 48.1 Å². The molecule has 0 aliphatic carbocycles. The van der Waals surface area contributed by atoms with Crippen LogP contribution in [0.2, 0.25) is 0 Å². The van der Waals surface area contributed by atoms with E-state index in [2.05, 4.69) is 15.4 Å². The van der Waals surface area contributed by atoms with E-state index in [0.717, 1.165) is 5.82 Å². The van der Waals surface area contributed by atoms with Crippen molar-refractivity contribution in [2.24, 2.45) is 12.9 Å². The third-order valence-corrected chi connectivity index (χ3v) is 2.63. The lowest BCUT2D eigenvalue weighted by molar-refractivity contribution is 0.482. The number of hydrogen-bond acceptors (Lipinski definition) is 4. The molecule has 0 aliphatic heterocycles. The quantitative estimate of drug-likeness (QED) is 0.604. The number of halogens is 1. The van der Waals surface area contributed by atoms with Crippen LogP contribution in [0.25, 0.3) is 0 Å². The molecule has 0 spiro atoms. The largest absolute Gasteiger partial charge is 0.338 e. The molecule has 1 atom stereocenters. The molecule has 2 aromatic heterocycles. The van der Waals surface area contributed by atoms with E-state index in [9.17, 15) is 4.39 Å². The van der Waals surface area contributed by atoms with Crippen LogP contribution in [0.1, 0.15) is 17.6 Å². The first-order valence-corrected chi connectivity index (χ1v) is 5.25. The highest BCUT2D eigenvalue weighted by molar-refractivity contribution is 5.13. The maximum atomic E-state index is 13.6. The van der Waals surface area contributed by atoms with Gasteiger partial charge in [-0.05, 0) is 12.1 Å². The van der Waals surface area contributed by atoms with Crippen LogP contribution < -0.4 is 11.3 Å². The van der Waals surface area contributed by atoms with E-state index >= 15 is 0 Å². The fourth-order valence-corrected chi connectivity index (χ4v) is 1.66. The van der Waals surface area contributed by atoms with E-state index in [1.165, 1.54) is 6.07 Å². The minimum Gasteiger partial charge on any atom is -0.338 e. The second-order valence-electron chi connectivity index (χ2n) is 3.75. The van der Waals surface area contributed by atoms with Gasteiger partial charge >= 0.3 is 0 Å². The maximum Gasteiger partial charge on any atom is 0.146 e. The van der Waals surface area contributed by atoms with Gasteiger partial charge in [0.25, 0.3) is 0 Å². The van der Waals surface area contributed by atoms with Crippen molar-refractivity contribution in [2.75, 3.05) is 0 Å². The summed E-state index contributed by atoms with van der Waals surface area (Å²) in [6.45, 7) is 0. The number of aryl methyl sites for hydroxylation is 1. The first-order valence-electron chi connectivity index (χ1n) is 5.25. The fourth-order valence-electron chi connectivity index (χ4n) is 1.66. The van der Waals surface area contributed by atoms with Crippen molar-refractivity contribution in [1.29, 1.82) is 0 Å². The van der Waals surface area contributed by atoms with E-state index in [0.29, 0.717) is 12.1 Å². The number of hydrazine groups is 1. The lowest BCUT2D eigenvalue weighted by atomic mass is 10.1. The van der Waals surface area contributed by atoms with Gasteiger partial charge in [0.15, 0.2) is 0 Å². The summed E-state index contributed by atoms with van der Waals surface area (Å²) in [7, 11) is 1.88. The first-order chi connectivity index (χ1) is 8.22. The molecule has 2 rings (SSSR count). The average molecular weight is 235 g/mol. The Morgan fingerprint density at radius 2 is 2.29 bits per heavy atom. The Labute approximate surface area is 98.5 Å². The number of pyridine rings is 1. The van der Waals surface area contributed by atoms with Crippen molar-refractivity contribution < 1.29 is 4.39 Å². The summed E-state index contributed by atoms with van der Waals surface area (Å²) in [5.74, 6) is 5.89. The van der Waals surface area contributed by atoms with Crippen molar-refractivity contribution in [3.8, 4) is 0 Å². The van der Waals surface area contributed by atoms with Crippen LogP contribution in [0.5, 0.6) is 0 Å². The molecule has 1 unspecified atom stereocenters. The number of nitrogens with zero attached hydrogens (tertiary/aromatic N) is 3. The van der Waals surface area contributed by atoms with Crippen LogP contribution in [-0.2, 0) is 13.5 Å². The Bertz CT molecular complexity index is 496. The SMILES string of the molecule is Cn1ccnc1CC(NN)c1ncccc1F. The summed E-state index contributed by atoms with van der Waals surface area (Å²) < 4.78 is 15.4. The predicted molar refractivity (Wildman–Crippen MR) is 61.2 cm³/mol. The van der Waals surface area contributed by atoms with Crippen LogP contribution in [-0.4, -0.2) is 14.5 Å². The summed E-state index contributed by atoms with van der Waals surface area (Å²) in [6, 6.07) is 2.52. The van der Waals surface area contributed by atoms with E-state index in [1.807, 2.05) is 17.8 Å². The number of imidazole rings is 1. The fraction of sp³-hybridized carbons (Fsp3) is 0.273. The summed E-state index contributed by atoms with van der Waals surface area (Å²) in [6.07, 6.45) is 5.55. The van der Waals surface area contributed by atoms with Gasteiger partial charge in [-0.2, -0.15) is 0 Å². The zero-order valence-electron chi connectivity index (χ0n) is 9.47. The molecule has 17 heavy (non-hydrogen) atoms. The Kier molecular flexibility index (Phi) is 3.46. The Morgan fingerprint density at radius 1 is 1.47 bits per heavy atom. The smallest absolute Gasteiger partial charge is 0.146 e. The van der Waals surface area contributed by atoms with Gasteiger partial charge in [-0.3, -0.25) is 16.3 Å². The molecule has 2 heterocycles. The van der Waals surface area contributed by atoms with Gasteiger partial charge in [-0.25, -0.2) is 9.37 Å². The van der Waals surface area contributed by atoms with Gasteiger partial charge in [-0.15, -0.1) is 0 Å². The predicted octanol–water partition coefficient (Wildman–Crippen LogP) is 0.701. The van der Waals surface area contributed by atoms with Crippen LogP contribution in [0.4, 0.5) is 4.39 Å². The van der Waals surface area contributed by atoms with E-state index in [-0.39, 0.29) is 5.82 Å². The lowest BCUT2D eigenvalue weighted by Gasteiger charge is -2.15. The third-order valence-electron chi connectivity index (χ3n) is 2.63. The van der Waals surface area contributed by atoms with Gasteiger partial charge in [-0.1, -0.05) is 0 Å². The number of nitrogens with two attached hydrogens (primary N) is 1. The van der Waals surface area contributed by atoms with Crippen LogP contribution in [0, 0.1) is 5.82 Å². The zero-order valence-corrected chi connectivity index (χ0v) is 9.47. The van der Waals surface area contributed by atoms with Crippen LogP contribution in [0.3, 0.4) is 0 Å². The second-order valence-corrected chi connectivity index (χ2v) is 3.75. The Balaban J connectivity index is 2.23. The monoisotopic (exact) mass is 235 g/mol. The molecular weight excluding hydrogens is 221 g/mol. The number of nitrogens with one attached hydrogen (secondary N) is 1. The molecule has 5 nitrogen and oxygen atoms in total. The maximum absolute atomic E-state index is 13.6. The molecule has 0 aliphatic rings. The first kappa shape index (κ1) is 11.7. The highest BCUT2D eigenvalue weighted by Crippen LogP contribution is 2.17. The molecule has 0 saturated carbocycles. The summed E-state index contributed by atoms with van der Waals surface area (Å²) in [5, 5.41) is 0. The van der Waals surface area contributed by atoms with Crippen LogP contribution >= 0.6 is 0 Å². The molecule has 90 valence electrons. The van der Waals surface area contributed by atoms with Gasteiger partial charge in [0.1, 0.15) is 11.6 Å². The number of hydrogen-bond donors (Lipinski definition) is 2. The van der Waals surface area contributed by atoms with E-state index in [1.54, 1.807) is 18.5 Å². The third kappa shape index (κ3) is 2.48. The van der Waals surface area contributed by atoms with Crippen LogP contribution in [0.15, 0.2) is 30.7 Å². The number of aromatic nitrogens is 3. The molecule has 0 aromatic carbocycles. The van der Waals surface area contributed by atoms with Crippen molar-refractivity contribution >= 4 is 0 Å². The van der Waals surface area contributed by atoms with Gasteiger partial charge in [0, 0.05) is 32.1 Å². The van der Waals surface area contributed by atoms with Crippen molar-refractivity contribution in [3.63, 3.8) is 0 Å². The molecule has 0 fully saturated rings. The molecule has 0 radical (unpaired) electrons. The molecule has 6 heteroatoms. The Morgan fingerprint density at radius 3 is 2.88 bits per heavy atom. The zero-order chi connectivity index (χ0) is 12.3. The molecule has 0 bridgehead atoms. The molecule has 0 amide bonds. The van der Waals surface area contributed by atoms with Crippen molar-refractivity contribution in [1.82, 2.24) is 20.0 Å².